The molecule has 0 spiro atoms. The van der Waals surface area contributed by atoms with Crippen molar-refractivity contribution in [3.05, 3.63) is 63.8 Å². The molecule has 0 saturated heterocycles. The van der Waals surface area contributed by atoms with E-state index in [1.165, 1.54) is 6.20 Å². The number of ether oxygens (including phenoxy) is 1. The number of allylic oxidation sites excluding steroid dienone is 1. The summed E-state index contributed by atoms with van der Waals surface area (Å²) in [4.78, 5) is 18.4. The van der Waals surface area contributed by atoms with Gasteiger partial charge in [-0.1, -0.05) is 18.2 Å². The maximum absolute atomic E-state index is 10.8. The minimum Gasteiger partial charge on any atom is -0.439 e. The van der Waals surface area contributed by atoms with Gasteiger partial charge < -0.3 is 4.74 Å². The van der Waals surface area contributed by atoms with Crippen molar-refractivity contribution in [2.75, 3.05) is 6.54 Å². The first kappa shape index (κ1) is 13.9. The van der Waals surface area contributed by atoms with E-state index in [0.717, 1.165) is 17.7 Å². The molecule has 1 aliphatic rings. The third-order valence-electron chi connectivity index (χ3n) is 3.31. The van der Waals surface area contributed by atoms with E-state index in [1.54, 1.807) is 13.0 Å². The molecule has 6 nitrogen and oxygen atoms in total. The highest BCUT2D eigenvalue weighted by atomic mass is 16.6. The first-order valence-corrected chi connectivity index (χ1v) is 6.73. The summed E-state index contributed by atoms with van der Waals surface area (Å²) in [5.41, 5.74) is 2.66. The average molecular weight is 295 g/mol. The molecule has 1 aromatic heterocycles. The van der Waals surface area contributed by atoms with Crippen LogP contribution in [0, 0.1) is 17.0 Å². The Morgan fingerprint density at radius 1 is 1.27 bits per heavy atom. The van der Waals surface area contributed by atoms with E-state index >= 15 is 0 Å². The number of aryl methyl sites for hydroxylation is 1. The van der Waals surface area contributed by atoms with Gasteiger partial charge in [-0.15, -0.1) is 0 Å². The normalized spacial score (nSPS) is 13.0. The Kier molecular flexibility index (Phi) is 3.65. The lowest BCUT2D eigenvalue weighted by atomic mass is 10.1. The fourth-order valence-corrected chi connectivity index (χ4v) is 2.15. The molecule has 6 heteroatoms. The molecule has 2 aromatic rings. The number of aliphatic imine (C=N–C) groups is 1. The van der Waals surface area contributed by atoms with Crippen LogP contribution in [0.4, 0.5) is 5.69 Å². The van der Waals surface area contributed by atoms with Crippen molar-refractivity contribution >= 4 is 17.5 Å². The van der Waals surface area contributed by atoms with Crippen molar-refractivity contribution in [2.24, 2.45) is 4.99 Å². The van der Waals surface area contributed by atoms with Crippen LogP contribution in [-0.4, -0.2) is 22.7 Å². The lowest BCUT2D eigenvalue weighted by Gasteiger charge is -2.06. The van der Waals surface area contributed by atoms with Gasteiger partial charge in [-0.3, -0.25) is 15.1 Å². The highest BCUT2D eigenvalue weighted by Crippen LogP contribution is 2.26. The van der Waals surface area contributed by atoms with E-state index in [4.69, 9.17) is 4.74 Å². The van der Waals surface area contributed by atoms with Gasteiger partial charge >= 0.3 is 0 Å². The molecule has 1 aromatic carbocycles. The lowest BCUT2D eigenvalue weighted by Crippen LogP contribution is -1.95. The Hall–Kier alpha value is -3.02. The van der Waals surface area contributed by atoms with Crippen LogP contribution in [-0.2, 0) is 0 Å². The van der Waals surface area contributed by atoms with Crippen LogP contribution in [0.2, 0.25) is 0 Å². The zero-order valence-corrected chi connectivity index (χ0v) is 11.9. The first-order valence-electron chi connectivity index (χ1n) is 6.73. The second kappa shape index (κ2) is 5.77. The number of aromatic nitrogens is 1. The minimum atomic E-state index is -0.461. The van der Waals surface area contributed by atoms with Crippen LogP contribution in [0.25, 0.3) is 5.57 Å². The topological polar surface area (TPSA) is 77.6 Å². The smallest absolute Gasteiger partial charge is 0.290 e. The van der Waals surface area contributed by atoms with Gasteiger partial charge in [-0.05, 0) is 30.2 Å². The number of rotatable bonds is 4. The molecule has 0 unspecified atom stereocenters. The summed E-state index contributed by atoms with van der Waals surface area (Å²) in [5.74, 6) is 0.956. The van der Waals surface area contributed by atoms with Crippen molar-refractivity contribution in [1.29, 1.82) is 0 Å². The van der Waals surface area contributed by atoms with Gasteiger partial charge in [0.2, 0.25) is 5.88 Å². The van der Waals surface area contributed by atoms with Crippen LogP contribution in [0.3, 0.4) is 0 Å². The van der Waals surface area contributed by atoms with Crippen molar-refractivity contribution in [3.63, 3.8) is 0 Å². The van der Waals surface area contributed by atoms with Crippen LogP contribution in [0.15, 0.2) is 47.6 Å². The lowest BCUT2D eigenvalue weighted by molar-refractivity contribution is -0.385. The van der Waals surface area contributed by atoms with Crippen LogP contribution in [0.5, 0.6) is 11.6 Å². The zero-order chi connectivity index (χ0) is 15.5. The molecule has 0 atom stereocenters. The van der Waals surface area contributed by atoms with E-state index in [1.807, 2.05) is 30.5 Å². The summed E-state index contributed by atoms with van der Waals surface area (Å²) in [5, 5.41) is 10.8. The van der Waals surface area contributed by atoms with Crippen molar-refractivity contribution in [1.82, 2.24) is 4.98 Å². The molecule has 110 valence electrons. The minimum absolute atomic E-state index is 0.0184. The van der Waals surface area contributed by atoms with Gasteiger partial charge in [0.05, 0.1) is 11.5 Å². The molecule has 0 fully saturated rings. The van der Waals surface area contributed by atoms with E-state index in [0.29, 0.717) is 17.2 Å². The summed E-state index contributed by atoms with van der Waals surface area (Å²) in [6, 6.07) is 9.10. The molecule has 1 aliphatic heterocycles. The Bertz CT molecular complexity index is 780. The maximum atomic E-state index is 10.8. The molecule has 0 aliphatic carbocycles. The number of pyridine rings is 1. The summed E-state index contributed by atoms with van der Waals surface area (Å²) >= 11 is 0. The third kappa shape index (κ3) is 2.85. The Morgan fingerprint density at radius 2 is 2.05 bits per heavy atom. The summed E-state index contributed by atoms with van der Waals surface area (Å²) < 4.78 is 5.62. The summed E-state index contributed by atoms with van der Waals surface area (Å²) in [6.45, 7) is 2.38. The molecule has 0 bridgehead atoms. The van der Waals surface area contributed by atoms with Gasteiger partial charge in [0.1, 0.15) is 11.9 Å². The number of benzene rings is 1. The highest BCUT2D eigenvalue weighted by Gasteiger charge is 2.12. The second-order valence-electron chi connectivity index (χ2n) is 4.85. The Labute approximate surface area is 126 Å². The average Bonchev–Trinajstić information content (AvgIpc) is 3.02. The van der Waals surface area contributed by atoms with Crippen LogP contribution < -0.4 is 4.74 Å². The van der Waals surface area contributed by atoms with Gasteiger partial charge in [0, 0.05) is 17.8 Å². The molecular weight excluding hydrogens is 282 g/mol. The first-order chi connectivity index (χ1) is 10.6. The van der Waals surface area contributed by atoms with E-state index < -0.39 is 4.92 Å². The quantitative estimate of drug-likeness (QED) is 0.638. The Morgan fingerprint density at radius 3 is 2.64 bits per heavy atom. The van der Waals surface area contributed by atoms with Gasteiger partial charge in [-0.2, -0.15) is 0 Å². The monoisotopic (exact) mass is 295 g/mol. The van der Waals surface area contributed by atoms with Gasteiger partial charge in [0.15, 0.2) is 0 Å². The largest absolute Gasteiger partial charge is 0.439 e. The maximum Gasteiger partial charge on any atom is 0.290 e. The molecule has 3 rings (SSSR count). The molecule has 22 heavy (non-hydrogen) atoms. The van der Waals surface area contributed by atoms with Gasteiger partial charge in [0.25, 0.3) is 5.69 Å². The molecule has 2 heterocycles. The fourth-order valence-electron chi connectivity index (χ4n) is 2.15. The molecule has 0 radical (unpaired) electrons. The highest BCUT2D eigenvalue weighted by molar-refractivity contribution is 6.11. The Balaban J connectivity index is 1.77. The number of hydrogen-bond donors (Lipinski definition) is 0. The zero-order valence-electron chi connectivity index (χ0n) is 11.9. The van der Waals surface area contributed by atoms with Crippen LogP contribution >= 0.6 is 0 Å². The SMILES string of the molecule is Cc1cc(Oc2ccc(C3=CCN=C3)cc2)ncc1[N+](=O)[O-]. The van der Waals surface area contributed by atoms with Crippen molar-refractivity contribution in [2.45, 2.75) is 6.92 Å². The molecule has 0 amide bonds. The van der Waals surface area contributed by atoms with E-state index in [2.05, 4.69) is 16.1 Å². The molecular formula is C16H13N3O3. The number of nitro groups is 1. The number of hydrogen-bond acceptors (Lipinski definition) is 5. The fraction of sp³-hybridized carbons (Fsp3) is 0.125. The van der Waals surface area contributed by atoms with Crippen LogP contribution in [0.1, 0.15) is 11.1 Å². The predicted octanol–water partition coefficient (Wildman–Crippen LogP) is 3.56. The third-order valence-corrected chi connectivity index (χ3v) is 3.31. The molecule has 0 saturated carbocycles. The van der Waals surface area contributed by atoms with E-state index in [9.17, 15) is 10.1 Å². The number of nitrogens with zero attached hydrogens (tertiary/aromatic N) is 3. The summed E-state index contributed by atoms with van der Waals surface area (Å²) in [6.07, 6.45) is 5.10. The van der Waals surface area contributed by atoms with Crippen molar-refractivity contribution < 1.29 is 9.66 Å². The molecule has 0 N–H and O–H groups in total. The van der Waals surface area contributed by atoms with Gasteiger partial charge in [-0.25, -0.2) is 4.98 Å². The van der Waals surface area contributed by atoms with E-state index in [-0.39, 0.29) is 5.69 Å². The van der Waals surface area contributed by atoms with Crippen molar-refractivity contribution in [3.8, 4) is 11.6 Å². The predicted molar refractivity (Wildman–Crippen MR) is 83.5 cm³/mol. The summed E-state index contributed by atoms with van der Waals surface area (Å²) in [7, 11) is 0. The second-order valence-corrected chi connectivity index (χ2v) is 4.85. The standard InChI is InChI=1S/C16H13N3O3/c1-11-8-16(18-10-15(11)19(20)21)22-14-4-2-12(3-5-14)13-6-7-17-9-13/h2-6,8-10H,7H2,1H3.